The first-order valence-corrected chi connectivity index (χ1v) is 5.06. The van der Waals surface area contributed by atoms with Crippen molar-refractivity contribution in [3.8, 4) is 0 Å². The highest BCUT2D eigenvalue weighted by molar-refractivity contribution is 5.78. The lowest BCUT2D eigenvalue weighted by molar-refractivity contribution is -0.120. The average Bonchev–Trinajstić information content (AvgIpc) is 2.03. The molecule has 0 aliphatic heterocycles. The lowest BCUT2D eigenvalue weighted by Crippen LogP contribution is -2.39. The van der Waals surface area contributed by atoms with Crippen LogP contribution in [0.25, 0.3) is 0 Å². The summed E-state index contributed by atoms with van der Waals surface area (Å²) in [5.74, 6) is 0.686. The predicted octanol–water partition coefficient (Wildman–Crippen LogP) is 1.15. The Labute approximate surface area is 81.3 Å². The molecule has 1 unspecified atom stereocenters. The van der Waals surface area contributed by atoms with Crippen LogP contribution in [0.5, 0.6) is 0 Å². The maximum Gasteiger partial charge on any atom is 0.234 e. The smallest absolute Gasteiger partial charge is 0.234 e. The van der Waals surface area contributed by atoms with Gasteiger partial charge in [-0.1, -0.05) is 20.8 Å². The maximum absolute atomic E-state index is 11.2. The number of nitrogens with one attached hydrogen (secondary N) is 2. The fourth-order valence-corrected chi connectivity index (χ4v) is 0.902. The van der Waals surface area contributed by atoms with Crippen LogP contribution in [-0.2, 0) is 4.79 Å². The van der Waals surface area contributed by atoms with E-state index in [1.165, 1.54) is 0 Å². The third kappa shape index (κ3) is 7.78. The van der Waals surface area contributed by atoms with Crippen LogP contribution in [0.15, 0.2) is 0 Å². The lowest BCUT2D eigenvalue weighted by atomic mass is 10.2. The van der Waals surface area contributed by atoms with E-state index in [9.17, 15) is 4.79 Å². The van der Waals surface area contributed by atoms with E-state index in [0.29, 0.717) is 12.5 Å². The molecule has 0 spiro atoms. The van der Waals surface area contributed by atoms with E-state index < -0.39 is 0 Å². The highest BCUT2D eigenvalue weighted by Gasteiger charge is 2.04. The summed E-state index contributed by atoms with van der Waals surface area (Å²) in [7, 11) is 0. The zero-order valence-corrected chi connectivity index (χ0v) is 9.18. The van der Waals surface area contributed by atoms with Gasteiger partial charge in [-0.3, -0.25) is 4.79 Å². The average molecular weight is 186 g/mol. The number of hydrogen-bond acceptors (Lipinski definition) is 2. The molecule has 13 heavy (non-hydrogen) atoms. The van der Waals surface area contributed by atoms with Gasteiger partial charge in [-0.2, -0.15) is 0 Å². The molecule has 1 atom stereocenters. The zero-order valence-electron chi connectivity index (χ0n) is 9.18. The van der Waals surface area contributed by atoms with Gasteiger partial charge in [0.25, 0.3) is 0 Å². The Morgan fingerprint density at radius 1 is 1.31 bits per heavy atom. The van der Waals surface area contributed by atoms with E-state index in [2.05, 4.69) is 31.4 Å². The van der Waals surface area contributed by atoms with Crippen molar-refractivity contribution >= 4 is 5.91 Å². The van der Waals surface area contributed by atoms with Crippen LogP contribution >= 0.6 is 0 Å². The van der Waals surface area contributed by atoms with E-state index in [0.717, 1.165) is 13.0 Å². The van der Waals surface area contributed by atoms with E-state index >= 15 is 0 Å². The maximum atomic E-state index is 11.2. The molecule has 0 rings (SSSR count). The minimum Gasteiger partial charge on any atom is -0.353 e. The highest BCUT2D eigenvalue weighted by Crippen LogP contribution is 1.88. The van der Waals surface area contributed by atoms with Gasteiger partial charge >= 0.3 is 0 Å². The largest absolute Gasteiger partial charge is 0.353 e. The summed E-state index contributed by atoms with van der Waals surface area (Å²) in [6.45, 7) is 9.66. The van der Waals surface area contributed by atoms with E-state index in [4.69, 9.17) is 0 Å². The first kappa shape index (κ1) is 12.4. The number of carbonyl (C=O) groups is 1. The predicted molar refractivity (Wildman–Crippen MR) is 55.6 cm³/mol. The van der Waals surface area contributed by atoms with Crippen molar-refractivity contribution in [2.45, 2.75) is 40.2 Å². The topological polar surface area (TPSA) is 41.1 Å². The molecule has 0 aliphatic rings. The number of rotatable bonds is 6. The van der Waals surface area contributed by atoms with Crippen LogP contribution in [0.1, 0.15) is 34.1 Å². The summed E-state index contributed by atoms with van der Waals surface area (Å²) < 4.78 is 0. The molecule has 0 saturated heterocycles. The number of amides is 1. The Hall–Kier alpha value is -0.570. The molecule has 0 heterocycles. The monoisotopic (exact) mass is 186 g/mol. The van der Waals surface area contributed by atoms with Crippen molar-refractivity contribution in [2.75, 3.05) is 13.1 Å². The Bertz CT molecular complexity index is 146. The second-order valence-electron chi connectivity index (χ2n) is 3.90. The van der Waals surface area contributed by atoms with Gasteiger partial charge in [0.15, 0.2) is 0 Å². The van der Waals surface area contributed by atoms with Gasteiger partial charge in [-0.15, -0.1) is 0 Å². The van der Waals surface area contributed by atoms with Crippen LogP contribution in [0.3, 0.4) is 0 Å². The van der Waals surface area contributed by atoms with Gasteiger partial charge in [-0.05, 0) is 25.8 Å². The third-order valence-corrected chi connectivity index (χ3v) is 1.86. The van der Waals surface area contributed by atoms with Crippen LogP contribution < -0.4 is 10.6 Å². The minimum atomic E-state index is 0.0926. The Morgan fingerprint density at radius 2 is 1.92 bits per heavy atom. The second-order valence-corrected chi connectivity index (χ2v) is 3.90. The summed E-state index contributed by atoms with van der Waals surface area (Å²) >= 11 is 0. The van der Waals surface area contributed by atoms with E-state index in [-0.39, 0.29) is 11.9 Å². The van der Waals surface area contributed by atoms with Crippen molar-refractivity contribution in [2.24, 2.45) is 5.92 Å². The second kappa shape index (κ2) is 6.89. The quantitative estimate of drug-likeness (QED) is 0.653. The normalized spacial score (nSPS) is 13.0. The SMILES string of the molecule is CCC(C)NC(=O)CNCC(C)C. The number of hydrogen-bond donors (Lipinski definition) is 2. The summed E-state index contributed by atoms with van der Waals surface area (Å²) in [5, 5.41) is 6.00. The standard InChI is InChI=1S/C10H22N2O/c1-5-9(4)12-10(13)7-11-6-8(2)3/h8-9,11H,5-7H2,1-4H3,(H,12,13). The van der Waals surface area contributed by atoms with Crippen LogP contribution in [0, 0.1) is 5.92 Å². The molecule has 3 nitrogen and oxygen atoms in total. The Kier molecular flexibility index (Phi) is 6.59. The van der Waals surface area contributed by atoms with Gasteiger partial charge in [0.05, 0.1) is 6.54 Å². The van der Waals surface area contributed by atoms with E-state index in [1.807, 2.05) is 6.92 Å². The molecule has 0 aromatic heterocycles. The van der Waals surface area contributed by atoms with Gasteiger partial charge < -0.3 is 10.6 Å². The number of carbonyl (C=O) groups excluding carboxylic acids is 1. The summed E-state index contributed by atoms with van der Waals surface area (Å²) in [6.07, 6.45) is 0.982. The van der Waals surface area contributed by atoms with Crippen molar-refractivity contribution in [1.29, 1.82) is 0 Å². The summed E-state index contributed by atoms with van der Waals surface area (Å²) in [6, 6.07) is 0.286. The van der Waals surface area contributed by atoms with Gasteiger partial charge in [0, 0.05) is 6.04 Å². The van der Waals surface area contributed by atoms with Crippen LogP contribution in [-0.4, -0.2) is 25.0 Å². The van der Waals surface area contributed by atoms with Crippen LogP contribution in [0.2, 0.25) is 0 Å². The first-order valence-electron chi connectivity index (χ1n) is 5.06. The molecule has 0 bridgehead atoms. The first-order chi connectivity index (χ1) is 6.06. The molecule has 3 heteroatoms. The Morgan fingerprint density at radius 3 is 2.38 bits per heavy atom. The molecular formula is C10H22N2O. The van der Waals surface area contributed by atoms with Gasteiger partial charge in [-0.25, -0.2) is 0 Å². The molecule has 0 aliphatic carbocycles. The van der Waals surface area contributed by atoms with E-state index in [1.54, 1.807) is 0 Å². The summed E-state index contributed by atoms with van der Waals surface area (Å²) in [5.41, 5.74) is 0. The molecule has 0 aromatic rings. The zero-order chi connectivity index (χ0) is 10.3. The van der Waals surface area contributed by atoms with Gasteiger partial charge in [0.1, 0.15) is 0 Å². The minimum absolute atomic E-state index is 0.0926. The Balaban J connectivity index is 3.41. The van der Waals surface area contributed by atoms with Gasteiger partial charge in [0.2, 0.25) is 5.91 Å². The molecular weight excluding hydrogens is 164 g/mol. The molecule has 0 radical (unpaired) electrons. The lowest BCUT2D eigenvalue weighted by Gasteiger charge is -2.12. The van der Waals surface area contributed by atoms with Crippen LogP contribution in [0.4, 0.5) is 0 Å². The molecule has 1 amide bonds. The van der Waals surface area contributed by atoms with Crippen molar-refractivity contribution < 1.29 is 4.79 Å². The summed E-state index contributed by atoms with van der Waals surface area (Å²) in [4.78, 5) is 11.2. The fourth-order valence-electron chi connectivity index (χ4n) is 0.902. The molecule has 0 fully saturated rings. The molecule has 0 saturated carbocycles. The highest BCUT2D eigenvalue weighted by atomic mass is 16.1. The van der Waals surface area contributed by atoms with Crippen molar-refractivity contribution in [3.63, 3.8) is 0 Å². The van der Waals surface area contributed by atoms with Crippen molar-refractivity contribution in [3.05, 3.63) is 0 Å². The molecule has 2 N–H and O–H groups in total. The fraction of sp³-hybridized carbons (Fsp3) is 0.900. The van der Waals surface area contributed by atoms with Crippen molar-refractivity contribution in [1.82, 2.24) is 10.6 Å². The molecule has 0 aromatic carbocycles. The third-order valence-electron chi connectivity index (χ3n) is 1.86. The molecule has 78 valence electrons.